The molecular weight excluding hydrogens is 521 g/mol. The molecule has 0 spiro atoms. The van der Waals surface area contributed by atoms with Gasteiger partial charge >= 0.3 is 0 Å². The SMILES string of the molecule is CCCNC(=O)[C@@H]1[C@H](Nc2c(Cl)cnc3nc(-c4sc(N5CC[C@@H](O)C5)nc4Cl)[nH]c23)[C@H]2C=C[C@@H]1C2. The van der Waals surface area contributed by atoms with Crippen molar-refractivity contribution >= 4 is 62.4 Å². The van der Waals surface area contributed by atoms with Gasteiger partial charge in [-0.2, -0.15) is 0 Å². The number of hydrogen-bond donors (Lipinski definition) is 4. The average molecular weight is 549 g/mol. The van der Waals surface area contributed by atoms with Crippen LogP contribution in [0.4, 0.5) is 10.8 Å². The number of H-pyrrole nitrogens is 1. The fraction of sp³-hybridized carbons (Fsp3) is 0.500. The van der Waals surface area contributed by atoms with E-state index in [9.17, 15) is 9.90 Å². The lowest BCUT2D eigenvalue weighted by Gasteiger charge is -2.29. The third kappa shape index (κ3) is 4.13. The van der Waals surface area contributed by atoms with E-state index in [0.717, 1.165) is 24.5 Å². The predicted molar refractivity (Wildman–Crippen MR) is 143 cm³/mol. The van der Waals surface area contributed by atoms with Gasteiger partial charge in [0.05, 0.1) is 28.9 Å². The van der Waals surface area contributed by atoms with Crippen LogP contribution < -0.4 is 15.5 Å². The minimum absolute atomic E-state index is 0.0769. The Balaban J connectivity index is 1.32. The summed E-state index contributed by atoms with van der Waals surface area (Å²) in [7, 11) is 0. The van der Waals surface area contributed by atoms with Crippen molar-refractivity contribution in [2.24, 2.45) is 17.8 Å². The number of nitrogens with one attached hydrogen (secondary N) is 3. The topological polar surface area (TPSA) is 119 Å². The molecule has 0 unspecified atom stereocenters. The van der Waals surface area contributed by atoms with Gasteiger partial charge in [-0.05, 0) is 31.1 Å². The Hall–Kier alpha value is -2.40. The van der Waals surface area contributed by atoms with E-state index < -0.39 is 0 Å². The van der Waals surface area contributed by atoms with E-state index in [1.165, 1.54) is 11.3 Å². The molecule has 2 aliphatic carbocycles. The highest BCUT2D eigenvalue weighted by Gasteiger charge is 2.48. The predicted octanol–water partition coefficient (Wildman–Crippen LogP) is 4.09. The number of hydrogen-bond acceptors (Lipinski definition) is 8. The number of aromatic amines is 1. The molecule has 6 rings (SSSR count). The number of anilines is 2. The van der Waals surface area contributed by atoms with Gasteiger partial charge in [0.25, 0.3) is 0 Å². The van der Waals surface area contributed by atoms with Crippen LogP contribution in [0, 0.1) is 17.8 Å². The number of aliphatic hydroxyl groups excluding tert-OH is 1. The maximum absolute atomic E-state index is 13.0. The number of rotatable bonds is 7. The second-order valence-electron chi connectivity index (χ2n) is 9.71. The second-order valence-corrected chi connectivity index (χ2v) is 11.4. The second kappa shape index (κ2) is 9.48. The fourth-order valence-electron chi connectivity index (χ4n) is 5.58. The molecule has 2 fully saturated rings. The number of nitrogens with zero attached hydrogens (tertiary/aromatic N) is 4. The molecule has 2 bridgehead atoms. The summed E-state index contributed by atoms with van der Waals surface area (Å²) in [6.07, 6.45) is 8.16. The summed E-state index contributed by atoms with van der Waals surface area (Å²) in [6.45, 7) is 3.99. The van der Waals surface area contributed by atoms with Gasteiger partial charge in [0, 0.05) is 25.7 Å². The normalized spacial score (nSPS) is 26.9. The third-order valence-electron chi connectivity index (χ3n) is 7.32. The lowest BCUT2D eigenvalue weighted by molar-refractivity contribution is -0.125. The van der Waals surface area contributed by atoms with Crippen molar-refractivity contribution in [1.82, 2.24) is 25.3 Å². The van der Waals surface area contributed by atoms with Gasteiger partial charge < -0.3 is 25.6 Å². The molecule has 3 aromatic heterocycles. The number of aliphatic hydroxyl groups is 1. The van der Waals surface area contributed by atoms with Gasteiger partial charge in [-0.1, -0.05) is 53.6 Å². The van der Waals surface area contributed by atoms with Crippen LogP contribution in [0.5, 0.6) is 0 Å². The van der Waals surface area contributed by atoms with E-state index in [1.54, 1.807) is 6.20 Å². The third-order valence-corrected chi connectivity index (χ3v) is 9.11. The van der Waals surface area contributed by atoms with Crippen molar-refractivity contribution in [3.8, 4) is 10.7 Å². The number of pyridine rings is 1. The average Bonchev–Trinajstić information content (AvgIpc) is 3.67. The van der Waals surface area contributed by atoms with Crippen LogP contribution in [0.2, 0.25) is 10.2 Å². The van der Waals surface area contributed by atoms with Crippen LogP contribution in [-0.4, -0.2) is 62.7 Å². The molecular formula is C24H27Cl2N7O2S. The number of halogens is 2. The molecule has 3 aliphatic rings. The maximum atomic E-state index is 13.0. The van der Waals surface area contributed by atoms with E-state index in [0.29, 0.717) is 57.2 Å². The molecule has 4 N–H and O–H groups in total. The summed E-state index contributed by atoms with van der Waals surface area (Å²) in [5.41, 5.74) is 1.85. The molecule has 1 saturated carbocycles. The zero-order valence-corrected chi connectivity index (χ0v) is 22.0. The van der Waals surface area contributed by atoms with Gasteiger partial charge in [0.2, 0.25) is 5.91 Å². The first-order chi connectivity index (χ1) is 17.4. The quantitative estimate of drug-likeness (QED) is 0.329. The Morgan fingerprint density at radius 3 is 2.92 bits per heavy atom. The minimum atomic E-state index is -0.351. The van der Waals surface area contributed by atoms with Gasteiger partial charge in [0.1, 0.15) is 10.4 Å². The highest BCUT2D eigenvalue weighted by molar-refractivity contribution is 7.19. The van der Waals surface area contributed by atoms with E-state index in [1.807, 2.05) is 11.8 Å². The van der Waals surface area contributed by atoms with Gasteiger partial charge in [-0.25, -0.2) is 15.0 Å². The van der Waals surface area contributed by atoms with Gasteiger partial charge in [-0.15, -0.1) is 0 Å². The van der Waals surface area contributed by atoms with Gasteiger partial charge in [-0.3, -0.25) is 4.79 Å². The summed E-state index contributed by atoms with van der Waals surface area (Å²) in [5.74, 6) is 0.942. The molecule has 190 valence electrons. The molecule has 36 heavy (non-hydrogen) atoms. The summed E-state index contributed by atoms with van der Waals surface area (Å²) < 4.78 is 0. The summed E-state index contributed by atoms with van der Waals surface area (Å²) in [4.78, 5) is 32.7. The molecule has 4 heterocycles. The lowest BCUT2D eigenvalue weighted by atomic mass is 9.87. The smallest absolute Gasteiger partial charge is 0.225 e. The van der Waals surface area contributed by atoms with Crippen molar-refractivity contribution < 1.29 is 9.90 Å². The van der Waals surface area contributed by atoms with Crippen LogP contribution in [0.15, 0.2) is 18.3 Å². The number of fused-ring (bicyclic) bond motifs is 3. The maximum Gasteiger partial charge on any atom is 0.225 e. The molecule has 1 amide bonds. The fourth-order valence-corrected chi connectivity index (χ4v) is 7.05. The van der Waals surface area contributed by atoms with Crippen LogP contribution in [0.25, 0.3) is 21.9 Å². The molecule has 1 aliphatic heterocycles. The Morgan fingerprint density at radius 2 is 2.14 bits per heavy atom. The molecule has 9 nitrogen and oxygen atoms in total. The number of carbonyl (C=O) groups excluding carboxylic acids is 1. The number of β-amino-alcohol motifs (C(OH)–C–C–N with tert-alkyl or cyclic N) is 1. The van der Waals surface area contributed by atoms with Crippen LogP contribution in [0.1, 0.15) is 26.2 Å². The number of carbonyl (C=O) groups is 1. The first-order valence-corrected chi connectivity index (χ1v) is 13.9. The zero-order chi connectivity index (χ0) is 25.0. The standard InChI is InChI=1S/C24H27Cl2N7O2S/c1-2-6-27-23(35)15-11-3-4-12(8-11)16(15)29-17-14(25)9-28-21-18(17)30-22(32-21)19-20(26)31-24(36-19)33-7-5-13(34)10-33/h3-4,9,11-13,15-16,34H,2,5-8,10H2,1H3,(H,27,35)(H2,28,29,30,32)/t11-,12+,13-,15+,16-/m1/s1. The number of allylic oxidation sites excluding steroid dienone is 1. The first kappa shape index (κ1) is 24.0. The first-order valence-electron chi connectivity index (χ1n) is 12.3. The molecule has 1 saturated heterocycles. The Morgan fingerprint density at radius 1 is 1.31 bits per heavy atom. The van der Waals surface area contributed by atoms with Crippen molar-refractivity contribution in [2.45, 2.75) is 38.3 Å². The Kier molecular flexibility index (Phi) is 6.31. The molecule has 12 heteroatoms. The van der Waals surface area contributed by atoms with Crippen LogP contribution in [-0.2, 0) is 4.79 Å². The summed E-state index contributed by atoms with van der Waals surface area (Å²) >= 11 is 14.6. The Labute approximate surface area is 222 Å². The monoisotopic (exact) mass is 547 g/mol. The van der Waals surface area contributed by atoms with Crippen molar-refractivity contribution in [2.75, 3.05) is 29.9 Å². The largest absolute Gasteiger partial charge is 0.391 e. The number of amides is 1. The highest BCUT2D eigenvalue weighted by atomic mass is 35.5. The number of thiazole rings is 1. The van der Waals surface area contributed by atoms with Gasteiger partial charge in [0.15, 0.2) is 21.8 Å². The highest BCUT2D eigenvalue weighted by Crippen LogP contribution is 2.46. The zero-order valence-electron chi connectivity index (χ0n) is 19.7. The van der Waals surface area contributed by atoms with Crippen molar-refractivity contribution in [3.05, 3.63) is 28.5 Å². The van der Waals surface area contributed by atoms with E-state index in [4.69, 9.17) is 23.2 Å². The van der Waals surface area contributed by atoms with E-state index in [-0.39, 0.29) is 35.8 Å². The molecule has 5 atom stereocenters. The van der Waals surface area contributed by atoms with E-state index >= 15 is 0 Å². The number of aromatic nitrogens is 4. The van der Waals surface area contributed by atoms with Crippen LogP contribution in [0.3, 0.4) is 0 Å². The molecule has 3 aromatic rings. The summed E-state index contributed by atoms with van der Waals surface area (Å²) in [6, 6.07) is -0.0769. The number of imidazole rings is 1. The van der Waals surface area contributed by atoms with Crippen molar-refractivity contribution in [3.63, 3.8) is 0 Å². The van der Waals surface area contributed by atoms with Crippen LogP contribution >= 0.6 is 34.5 Å². The summed E-state index contributed by atoms with van der Waals surface area (Å²) in [5, 5.41) is 18.1. The lowest BCUT2D eigenvalue weighted by Crippen LogP contribution is -2.43. The molecule has 0 aromatic carbocycles. The Bertz CT molecular complexity index is 1340. The molecule has 0 radical (unpaired) electrons. The van der Waals surface area contributed by atoms with E-state index in [2.05, 4.69) is 42.7 Å². The van der Waals surface area contributed by atoms with Crippen molar-refractivity contribution in [1.29, 1.82) is 0 Å². The minimum Gasteiger partial charge on any atom is -0.391 e.